The summed E-state index contributed by atoms with van der Waals surface area (Å²) < 4.78 is 7.58. The molecule has 0 unspecified atom stereocenters. The van der Waals surface area contributed by atoms with E-state index in [0.717, 1.165) is 53.5 Å². The van der Waals surface area contributed by atoms with Gasteiger partial charge in [0.05, 0.1) is 28.5 Å². The first-order chi connectivity index (χ1) is 22.7. The van der Waals surface area contributed by atoms with Crippen LogP contribution in [0.3, 0.4) is 0 Å². The first-order valence-electron chi connectivity index (χ1n) is 15.4. The smallest absolute Gasteiger partial charge is 0.291 e. The van der Waals surface area contributed by atoms with Crippen molar-refractivity contribution in [2.24, 2.45) is 0 Å². The summed E-state index contributed by atoms with van der Waals surface area (Å²) in [4.78, 5) is 41.4. The Balaban J connectivity index is 1.08. The quantitative estimate of drug-likeness (QED) is 0.174. The van der Waals surface area contributed by atoms with Gasteiger partial charge in [-0.25, -0.2) is 4.68 Å². The number of carbonyl (C=O) groups is 2. The molecule has 0 saturated heterocycles. The molecule has 2 N–H and O–H groups in total. The molecule has 4 aromatic carbocycles. The molecular formula is C38H35N5O4. The first kappa shape index (κ1) is 31.2. The maximum absolute atomic E-state index is 13.5. The molecule has 47 heavy (non-hydrogen) atoms. The van der Waals surface area contributed by atoms with Gasteiger partial charge in [0.15, 0.2) is 11.2 Å². The van der Waals surface area contributed by atoms with Gasteiger partial charge in [0.1, 0.15) is 5.58 Å². The summed E-state index contributed by atoms with van der Waals surface area (Å²) in [5, 5.41) is 10.6. The Kier molecular flexibility index (Phi) is 9.08. The summed E-state index contributed by atoms with van der Waals surface area (Å²) in [6.07, 6.45) is 4.79. The number of amides is 2. The number of likely N-dealkylation sites (N-methyl/N-ethyl adjacent to an activating group) is 1. The van der Waals surface area contributed by atoms with Gasteiger partial charge in [0.2, 0.25) is 0 Å². The molecule has 0 atom stereocenters. The van der Waals surface area contributed by atoms with Crippen LogP contribution in [0.5, 0.6) is 0 Å². The van der Waals surface area contributed by atoms with Crippen LogP contribution in [-0.4, -0.2) is 40.1 Å². The highest BCUT2D eigenvalue weighted by molar-refractivity contribution is 6.12. The second kappa shape index (κ2) is 13.7. The first-order valence-corrected chi connectivity index (χ1v) is 15.4. The Morgan fingerprint density at radius 3 is 2.34 bits per heavy atom. The summed E-state index contributed by atoms with van der Waals surface area (Å²) >= 11 is 0. The molecule has 0 aliphatic carbocycles. The molecule has 0 fully saturated rings. The third-order valence-electron chi connectivity index (χ3n) is 8.09. The Bertz CT molecular complexity index is 2120. The third kappa shape index (κ3) is 7.37. The van der Waals surface area contributed by atoms with Crippen LogP contribution in [0.4, 0.5) is 11.4 Å². The number of anilines is 2. The van der Waals surface area contributed by atoms with Crippen molar-refractivity contribution in [1.29, 1.82) is 0 Å². The lowest BCUT2D eigenvalue weighted by atomic mass is 10.0. The highest BCUT2D eigenvalue weighted by Gasteiger charge is 2.19. The largest absolute Gasteiger partial charge is 0.451 e. The molecule has 2 heterocycles. The zero-order valence-corrected chi connectivity index (χ0v) is 26.5. The zero-order valence-electron chi connectivity index (χ0n) is 26.5. The summed E-state index contributed by atoms with van der Waals surface area (Å²) in [5.41, 5.74) is 6.36. The highest BCUT2D eigenvalue weighted by Crippen LogP contribution is 2.24. The molecule has 0 bridgehead atoms. The van der Waals surface area contributed by atoms with Crippen LogP contribution in [0.15, 0.2) is 119 Å². The SMILES string of the molecule is Cc1cc(NC(=O)c2cc(=O)c3ccccc3o2)c(C(=O)Nc2ccc(CCN(C)Cc3cnn(-c4ccccc4)c3)cc2)cc1C. The van der Waals surface area contributed by atoms with Crippen molar-refractivity contribution < 1.29 is 14.0 Å². The number of aromatic nitrogens is 2. The molecule has 6 rings (SSSR count). The van der Waals surface area contributed by atoms with Crippen LogP contribution >= 0.6 is 0 Å². The number of fused-ring (bicyclic) bond motifs is 1. The number of benzene rings is 4. The lowest BCUT2D eigenvalue weighted by Crippen LogP contribution is -2.20. The molecule has 0 spiro atoms. The summed E-state index contributed by atoms with van der Waals surface area (Å²) in [6.45, 7) is 5.44. The molecule has 9 nitrogen and oxygen atoms in total. The molecular weight excluding hydrogens is 590 g/mol. The Labute approximate surface area is 272 Å². The van der Waals surface area contributed by atoms with Gasteiger partial charge in [-0.2, -0.15) is 5.10 Å². The van der Waals surface area contributed by atoms with E-state index in [1.165, 1.54) is 0 Å². The van der Waals surface area contributed by atoms with Crippen LogP contribution in [0.1, 0.15) is 43.2 Å². The summed E-state index contributed by atoms with van der Waals surface area (Å²) in [5.74, 6) is -1.13. The molecule has 2 aromatic heterocycles. The van der Waals surface area contributed by atoms with Crippen LogP contribution < -0.4 is 16.1 Å². The molecule has 0 saturated carbocycles. The van der Waals surface area contributed by atoms with E-state index in [-0.39, 0.29) is 17.1 Å². The fourth-order valence-corrected chi connectivity index (χ4v) is 5.33. The van der Waals surface area contributed by atoms with E-state index in [2.05, 4.69) is 33.9 Å². The van der Waals surface area contributed by atoms with Gasteiger partial charge in [-0.15, -0.1) is 0 Å². The topological polar surface area (TPSA) is 109 Å². The van der Waals surface area contributed by atoms with E-state index in [1.807, 2.05) is 79.3 Å². The molecule has 6 aromatic rings. The number of nitrogens with one attached hydrogen (secondary N) is 2. The van der Waals surface area contributed by atoms with E-state index < -0.39 is 5.91 Å². The summed E-state index contributed by atoms with van der Waals surface area (Å²) in [7, 11) is 2.09. The van der Waals surface area contributed by atoms with E-state index >= 15 is 0 Å². The van der Waals surface area contributed by atoms with Gasteiger partial charge in [0, 0.05) is 36.6 Å². The van der Waals surface area contributed by atoms with Gasteiger partial charge in [-0.05, 0) is 92.5 Å². The monoisotopic (exact) mass is 625 g/mol. The number of hydrogen-bond acceptors (Lipinski definition) is 6. The zero-order chi connectivity index (χ0) is 32.9. The van der Waals surface area contributed by atoms with Crippen molar-refractivity contribution >= 4 is 34.2 Å². The van der Waals surface area contributed by atoms with Gasteiger partial charge >= 0.3 is 0 Å². The Hall–Kier alpha value is -5.80. The molecule has 0 radical (unpaired) electrons. The minimum atomic E-state index is -0.621. The van der Waals surface area contributed by atoms with E-state index in [4.69, 9.17) is 4.42 Å². The van der Waals surface area contributed by atoms with Gasteiger partial charge in [-0.1, -0.05) is 42.5 Å². The second-order valence-electron chi connectivity index (χ2n) is 11.7. The standard InChI is InChI=1S/C38H35N5O4/c1-25-19-32(33(20-26(25)2)41-38(46)36-21-34(44)31-11-7-8-12-35(31)47-36)37(45)40-29-15-13-27(14-16-29)17-18-42(3)23-28-22-39-43(24-28)30-9-5-4-6-10-30/h4-16,19-22,24H,17-18,23H2,1-3H3,(H,40,45)(H,41,46). The van der Waals surface area contributed by atoms with Crippen molar-refractivity contribution in [3.05, 3.63) is 153 Å². The van der Waals surface area contributed by atoms with Crippen LogP contribution in [0.25, 0.3) is 16.7 Å². The number of hydrogen-bond donors (Lipinski definition) is 2. The van der Waals surface area contributed by atoms with Crippen molar-refractivity contribution in [3.63, 3.8) is 0 Å². The number of para-hydroxylation sites is 2. The minimum absolute atomic E-state index is 0.137. The minimum Gasteiger partial charge on any atom is -0.451 e. The number of aryl methyl sites for hydroxylation is 2. The number of rotatable bonds is 10. The number of carbonyl (C=O) groups excluding carboxylic acids is 2. The molecule has 0 aliphatic rings. The average Bonchev–Trinajstić information content (AvgIpc) is 3.54. The van der Waals surface area contributed by atoms with Crippen molar-refractivity contribution in [1.82, 2.24) is 14.7 Å². The lowest BCUT2D eigenvalue weighted by molar-refractivity contribution is 0.0997. The van der Waals surface area contributed by atoms with Gasteiger partial charge in [-0.3, -0.25) is 14.4 Å². The summed E-state index contributed by atoms with van der Waals surface area (Å²) in [6, 6.07) is 29.2. The molecule has 2 amide bonds. The van der Waals surface area contributed by atoms with Gasteiger partial charge in [0.25, 0.3) is 11.8 Å². The molecule has 236 valence electrons. The average molecular weight is 626 g/mol. The second-order valence-corrected chi connectivity index (χ2v) is 11.7. The van der Waals surface area contributed by atoms with Crippen LogP contribution in [0.2, 0.25) is 0 Å². The van der Waals surface area contributed by atoms with Crippen molar-refractivity contribution in [3.8, 4) is 5.69 Å². The van der Waals surface area contributed by atoms with E-state index in [9.17, 15) is 14.4 Å². The highest BCUT2D eigenvalue weighted by atomic mass is 16.3. The van der Waals surface area contributed by atoms with Crippen LogP contribution in [0, 0.1) is 13.8 Å². The lowest BCUT2D eigenvalue weighted by Gasteiger charge is -2.16. The predicted molar refractivity (Wildman–Crippen MR) is 184 cm³/mol. The Morgan fingerprint density at radius 2 is 1.55 bits per heavy atom. The normalized spacial score (nSPS) is 11.1. The van der Waals surface area contributed by atoms with Crippen molar-refractivity contribution in [2.75, 3.05) is 24.2 Å². The van der Waals surface area contributed by atoms with E-state index in [1.54, 1.807) is 36.4 Å². The Morgan fingerprint density at radius 1 is 0.830 bits per heavy atom. The molecule has 9 heteroatoms. The maximum atomic E-state index is 13.5. The third-order valence-corrected chi connectivity index (χ3v) is 8.09. The number of nitrogens with zero attached hydrogens (tertiary/aromatic N) is 3. The fraction of sp³-hybridized carbons (Fsp3) is 0.158. The maximum Gasteiger partial charge on any atom is 0.291 e. The fourth-order valence-electron chi connectivity index (χ4n) is 5.33. The predicted octanol–water partition coefficient (Wildman–Crippen LogP) is 6.77. The van der Waals surface area contributed by atoms with E-state index in [0.29, 0.717) is 27.9 Å². The van der Waals surface area contributed by atoms with Crippen molar-refractivity contribution in [2.45, 2.75) is 26.8 Å². The van der Waals surface area contributed by atoms with Crippen LogP contribution in [-0.2, 0) is 13.0 Å². The molecule has 0 aliphatic heterocycles. The van der Waals surface area contributed by atoms with Gasteiger partial charge < -0.3 is 20.0 Å².